The van der Waals surface area contributed by atoms with Gasteiger partial charge in [-0.25, -0.2) is 14.9 Å². The van der Waals surface area contributed by atoms with E-state index in [1.165, 1.54) is 18.2 Å². The molecular weight excluding hydrogens is 438 g/mol. The third-order valence-corrected chi connectivity index (χ3v) is 4.29. The fourth-order valence-electron chi connectivity index (χ4n) is 2.08. The molecule has 0 radical (unpaired) electrons. The highest BCUT2D eigenvalue weighted by atomic mass is 127. The molecule has 0 spiro atoms. The Labute approximate surface area is 157 Å². The fraction of sp³-hybridized carbons (Fsp3) is 0.235. The molecular formula is C17H14FIN4O2. The minimum Gasteiger partial charge on any atom is -0.337 e. The lowest BCUT2D eigenvalue weighted by Gasteiger charge is -2.12. The van der Waals surface area contributed by atoms with Crippen molar-refractivity contribution in [1.29, 1.82) is 5.26 Å². The van der Waals surface area contributed by atoms with Crippen LogP contribution in [0.2, 0.25) is 0 Å². The predicted molar refractivity (Wildman–Crippen MR) is 97.5 cm³/mol. The van der Waals surface area contributed by atoms with E-state index in [4.69, 9.17) is 10.1 Å². The van der Waals surface area contributed by atoms with Gasteiger partial charge in [0.2, 0.25) is 0 Å². The molecule has 0 aliphatic heterocycles. The van der Waals surface area contributed by atoms with Gasteiger partial charge in [-0.1, -0.05) is 0 Å². The first-order valence-corrected chi connectivity index (χ1v) is 8.70. The van der Waals surface area contributed by atoms with Crippen molar-refractivity contribution in [3.8, 4) is 6.07 Å². The molecule has 3 rings (SSSR count). The lowest BCUT2D eigenvalue weighted by Crippen LogP contribution is -2.26. The molecule has 25 heavy (non-hydrogen) atoms. The zero-order chi connectivity index (χ0) is 17.8. The Morgan fingerprint density at radius 2 is 2.20 bits per heavy atom. The molecule has 8 heteroatoms. The summed E-state index contributed by atoms with van der Waals surface area (Å²) in [6.45, 7) is 0.462. The summed E-state index contributed by atoms with van der Waals surface area (Å²) in [5.41, 5.74) is 2.80. The van der Waals surface area contributed by atoms with Gasteiger partial charge in [0.1, 0.15) is 23.4 Å². The molecule has 0 unspecified atom stereocenters. The Morgan fingerprint density at radius 3 is 2.88 bits per heavy atom. The van der Waals surface area contributed by atoms with Crippen molar-refractivity contribution in [1.82, 2.24) is 10.5 Å². The van der Waals surface area contributed by atoms with Crippen molar-refractivity contribution in [3.05, 3.63) is 51.0 Å². The molecule has 2 aromatic rings. The first-order chi connectivity index (χ1) is 12.1. The average molecular weight is 452 g/mol. The van der Waals surface area contributed by atoms with E-state index in [9.17, 15) is 9.18 Å². The van der Waals surface area contributed by atoms with Gasteiger partial charge in [0, 0.05) is 3.57 Å². The summed E-state index contributed by atoms with van der Waals surface area (Å²) in [6, 6.07) is 9.40. The maximum atomic E-state index is 14.1. The molecule has 6 nitrogen and oxygen atoms in total. The molecule has 128 valence electrons. The summed E-state index contributed by atoms with van der Waals surface area (Å²) < 4.78 is 14.8. The summed E-state index contributed by atoms with van der Waals surface area (Å²) in [7, 11) is 0. The van der Waals surface area contributed by atoms with Gasteiger partial charge in [0.25, 0.3) is 5.91 Å². The summed E-state index contributed by atoms with van der Waals surface area (Å²) >= 11 is 2.00. The molecule has 1 aliphatic carbocycles. The number of pyridine rings is 1. The van der Waals surface area contributed by atoms with Crippen LogP contribution in [-0.2, 0) is 4.84 Å². The number of nitrogens with zero attached hydrogens (tertiary/aromatic N) is 2. The standard InChI is InChI=1S/C17H14FIN4O2/c18-14-7-11(19)3-6-15(14)22-16-13(5-4-12(8-20)21-16)17(24)23-25-9-10-1-2-10/h3-7,10H,1-2,9H2,(H,21,22)(H,23,24). The Balaban J connectivity index is 1.82. The highest BCUT2D eigenvalue weighted by Gasteiger charge is 2.22. The van der Waals surface area contributed by atoms with Gasteiger partial charge < -0.3 is 5.32 Å². The van der Waals surface area contributed by atoms with Crippen LogP contribution in [-0.4, -0.2) is 17.5 Å². The molecule has 1 heterocycles. The number of hydrogen-bond acceptors (Lipinski definition) is 5. The van der Waals surface area contributed by atoms with Crippen molar-refractivity contribution in [2.75, 3.05) is 11.9 Å². The lowest BCUT2D eigenvalue weighted by molar-refractivity contribution is 0.0271. The predicted octanol–water partition coefficient (Wildman–Crippen LogP) is 3.51. The van der Waals surface area contributed by atoms with E-state index in [1.807, 2.05) is 28.7 Å². The van der Waals surface area contributed by atoms with Crippen molar-refractivity contribution in [2.45, 2.75) is 12.8 Å². The summed E-state index contributed by atoms with van der Waals surface area (Å²) in [6.07, 6.45) is 2.21. The van der Waals surface area contributed by atoms with Crippen molar-refractivity contribution in [3.63, 3.8) is 0 Å². The molecule has 0 bridgehead atoms. The zero-order valence-electron chi connectivity index (χ0n) is 13.1. The number of benzene rings is 1. The van der Waals surface area contributed by atoms with Crippen LogP contribution in [0.4, 0.5) is 15.9 Å². The smallest absolute Gasteiger partial charge is 0.278 e. The average Bonchev–Trinajstić information content (AvgIpc) is 3.41. The first-order valence-electron chi connectivity index (χ1n) is 7.62. The van der Waals surface area contributed by atoms with Gasteiger partial charge >= 0.3 is 0 Å². The van der Waals surface area contributed by atoms with Gasteiger partial charge in [-0.2, -0.15) is 5.26 Å². The van der Waals surface area contributed by atoms with Gasteiger partial charge in [0.05, 0.1) is 17.9 Å². The number of nitriles is 1. The number of rotatable bonds is 6. The topological polar surface area (TPSA) is 87.0 Å². The van der Waals surface area contributed by atoms with Crippen LogP contribution in [0, 0.1) is 26.6 Å². The Bertz CT molecular complexity index is 849. The second-order valence-corrected chi connectivity index (χ2v) is 6.88. The van der Waals surface area contributed by atoms with E-state index >= 15 is 0 Å². The number of carbonyl (C=O) groups excluding carboxylic acids is 1. The molecule has 1 saturated carbocycles. The molecule has 1 fully saturated rings. The van der Waals surface area contributed by atoms with Gasteiger partial charge in [0.15, 0.2) is 0 Å². The monoisotopic (exact) mass is 452 g/mol. The number of hydroxylamine groups is 1. The van der Waals surface area contributed by atoms with Gasteiger partial charge in [-0.3, -0.25) is 9.63 Å². The Kier molecular flexibility index (Phi) is 5.45. The molecule has 2 N–H and O–H groups in total. The third-order valence-electron chi connectivity index (χ3n) is 3.62. The zero-order valence-corrected chi connectivity index (χ0v) is 15.2. The van der Waals surface area contributed by atoms with E-state index < -0.39 is 11.7 Å². The van der Waals surface area contributed by atoms with Crippen molar-refractivity contribution in [2.24, 2.45) is 5.92 Å². The second-order valence-electron chi connectivity index (χ2n) is 5.64. The maximum absolute atomic E-state index is 14.1. The molecule has 1 aromatic heterocycles. The Morgan fingerprint density at radius 1 is 1.40 bits per heavy atom. The SMILES string of the molecule is N#Cc1ccc(C(=O)NOCC2CC2)c(Nc2ccc(I)cc2F)n1. The lowest BCUT2D eigenvalue weighted by atomic mass is 10.2. The van der Waals surface area contributed by atoms with Crippen LogP contribution in [0.1, 0.15) is 28.9 Å². The first kappa shape index (κ1) is 17.6. The normalized spacial score (nSPS) is 13.2. The van der Waals surface area contributed by atoms with Crippen LogP contribution in [0.5, 0.6) is 0 Å². The maximum Gasteiger partial charge on any atom is 0.278 e. The molecule has 0 saturated heterocycles. The number of nitrogens with one attached hydrogen (secondary N) is 2. The number of carbonyl (C=O) groups is 1. The minimum absolute atomic E-state index is 0.0895. The van der Waals surface area contributed by atoms with E-state index in [0.717, 1.165) is 16.4 Å². The highest BCUT2D eigenvalue weighted by molar-refractivity contribution is 14.1. The molecule has 1 aliphatic rings. The minimum atomic E-state index is -0.508. The van der Waals surface area contributed by atoms with Crippen LogP contribution in [0.15, 0.2) is 30.3 Å². The quantitative estimate of drug-likeness (QED) is 0.518. The molecule has 1 amide bonds. The number of anilines is 2. The third kappa shape index (κ3) is 4.64. The second kappa shape index (κ2) is 7.76. The van der Waals surface area contributed by atoms with E-state index in [2.05, 4.69) is 15.8 Å². The largest absolute Gasteiger partial charge is 0.337 e. The number of amides is 1. The van der Waals surface area contributed by atoms with Crippen LogP contribution >= 0.6 is 22.6 Å². The summed E-state index contributed by atoms with van der Waals surface area (Å²) in [4.78, 5) is 21.6. The number of aromatic nitrogens is 1. The number of hydrogen-bond donors (Lipinski definition) is 2. The Hall–Kier alpha value is -2.25. The van der Waals surface area contributed by atoms with Gasteiger partial charge in [-0.05, 0) is 71.7 Å². The van der Waals surface area contributed by atoms with E-state index in [0.29, 0.717) is 12.5 Å². The molecule has 0 atom stereocenters. The van der Waals surface area contributed by atoms with Gasteiger partial charge in [-0.15, -0.1) is 0 Å². The van der Waals surface area contributed by atoms with Crippen LogP contribution < -0.4 is 10.8 Å². The highest BCUT2D eigenvalue weighted by Crippen LogP contribution is 2.28. The summed E-state index contributed by atoms with van der Waals surface area (Å²) in [5, 5.41) is 11.8. The van der Waals surface area contributed by atoms with Crippen molar-refractivity contribution >= 4 is 40.0 Å². The molecule has 1 aromatic carbocycles. The number of halogens is 2. The van der Waals surface area contributed by atoms with Crippen LogP contribution in [0.3, 0.4) is 0 Å². The van der Waals surface area contributed by atoms with Crippen molar-refractivity contribution < 1.29 is 14.0 Å². The van der Waals surface area contributed by atoms with E-state index in [1.54, 1.807) is 12.1 Å². The van der Waals surface area contributed by atoms with Crippen LogP contribution in [0.25, 0.3) is 0 Å². The fourth-order valence-corrected chi connectivity index (χ4v) is 2.54. The van der Waals surface area contributed by atoms with E-state index in [-0.39, 0.29) is 22.8 Å². The summed E-state index contributed by atoms with van der Waals surface area (Å²) in [5.74, 6) is -0.400.